The Balaban J connectivity index is 1.61. The third kappa shape index (κ3) is 3.00. The lowest BCUT2D eigenvalue weighted by atomic mass is 9.91. The number of amides is 2. The fourth-order valence-corrected chi connectivity index (χ4v) is 4.48. The van der Waals surface area contributed by atoms with E-state index in [1.807, 2.05) is 29.5 Å². The number of H-pyrrole nitrogens is 1. The molecule has 28 heavy (non-hydrogen) atoms. The van der Waals surface area contributed by atoms with E-state index in [4.69, 9.17) is 0 Å². The number of likely N-dealkylation sites (tertiary alicyclic amines) is 1. The number of hydrogen-bond donors (Lipinski definition) is 1. The Morgan fingerprint density at radius 2 is 2.11 bits per heavy atom. The molecule has 0 bridgehead atoms. The largest absolute Gasteiger partial charge is 0.337 e. The van der Waals surface area contributed by atoms with Gasteiger partial charge in [0.05, 0.1) is 6.20 Å². The Morgan fingerprint density at radius 3 is 2.86 bits per heavy atom. The first-order chi connectivity index (χ1) is 13.5. The van der Waals surface area contributed by atoms with E-state index in [0.29, 0.717) is 44.1 Å². The van der Waals surface area contributed by atoms with Gasteiger partial charge in [-0.25, -0.2) is 4.98 Å². The molecule has 1 fully saturated rings. The van der Waals surface area contributed by atoms with Crippen LogP contribution < -0.4 is 0 Å². The molecule has 1 atom stereocenters. The van der Waals surface area contributed by atoms with E-state index in [9.17, 15) is 9.59 Å². The highest BCUT2D eigenvalue weighted by Crippen LogP contribution is 2.29. The van der Waals surface area contributed by atoms with Gasteiger partial charge in [0.2, 0.25) is 0 Å². The average Bonchev–Trinajstić information content (AvgIpc) is 3.33. The molecule has 4 rings (SSSR count). The Kier molecular flexibility index (Phi) is 4.95. The summed E-state index contributed by atoms with van der Waals surface area (Å²) in [4.78, 5) is 34.4. The van der Waals surface area contributed by atoms with Crippen molar-refractivity contribution in [1.82, 2.24) is 29.5 Å². The number of nitrogens with one attached hydrogen (secondary N) is 1. The SMILES string of the molecule is CCc1cn[nH]c1[C@H]1CCCN(C(=O)c2nc(C)n3c2C(=O)N(CC)CC3)C1. The summed E-state index contributed by atoms with van der Waals surface area (Å²) in [6.45, 7) is 9.27. The number of likely N-dealkylation sites (N-methyl/N-ethyl adjacent to an activating group) is 1. The molecule has 8 nitrogen and oxygen atoms in total. The quantitative estimate of drug-likeness (QED) is 0.873. The number of hydrogen-bond acceptors (Lipinski definition) is 4. The first kappa shape index (κ1) is 18.7. The lowest BCUT2D eigenvalue weighted by Crippen LogP contribution is -2.43. The number of nitrogens with zero attached hydrogens (tertiary/aromatic N) is 5. The smallest absolute Gasteiger partial charge is 0.274 e. The van der Waals surface area contributed by atoms with E-state index in [1.54, 1.807) is 4.90 Å². The van der Waals surface area contributed by atoms with Crippen molar-refractivity contribution >= 4 is 11.8 Å². The van der Waals surface area contributed by atoms with Crippen LogP contribution in [0, 0.1) is 6.92 Å². The number of aromatic amines is 1. The van der Waals surface area contributed by atoms with Crippen molar-refractivity contribution in [3.05, 3.63) is 34.7 Å². The molecule has 2 aliphatic rings. The molecule has 0 spiro atoms. The van der Waals surface area contributed by atoms with Gasteiger partial charge >= 0.3 is 0 Å². The second-order valence-corrected chi connectivity index (χ2v) is 7.65. The number of imidazole rings is 1. The lowest BCUT2D eigenvalue weighted by molar-refractivity contribution is 0.0662. The summed E-state index contributed by atoms with van der Waals surface area (Å²) in [5.74, 6) is 0.758. The van der Waals surface area contributed by atoms with Crippen molar-refractivity contribution in [3.8, 4) is 0 Å². The topological polar surface area (TPSA) is 87.1 Å². The maximum absolute atomic E-state index is 13.3. The van der Waals surface area contributed by atoms with Gasteiger partial charge in [0, 0.05) is 44.3 Å². The van der Waals surface area contributed by atoms with E-state index >= 15 is 0 Å². The number of carbonyl (C=O) groups excluding carboxylic acids is 2. The Hall–Kier alpha value is -2.64. The summed E-state index contributed by atoms with van der Waals surface area (Å²) in [6.07, 6.45) is 4.76. The van der Waals surface area contributed by atoms with Crippen molar-refractivity contribution in [1.29, 1.82) is 0 Å². The van der Waals surface area contributed by atoms with E-state index in [1.165, 1.54) is 5.56 Å². The first-order valence-corrected chi connectivity index (χ1v) is 10.2. The minimum atomic E-state index is -0.134. The Morgan fingerprint density at radius 1 is 1.29 bits per heavy atom. The molecule has 2 aliphatic heterocycles. The second-order valence-electron chi connectivity index (χ2n) is 7.65. The molecule has 150 valence electrons. The predicted octanol–water partition coefficient (Wildman–Crippen LogP) is 1.97. The average molecular weight is 384 g/mol. The van der Waals surface area contributed by atoms with Crippen molar-refractivity contribution < 1.29 is 9.59 Å². The van der Waals surface area contributed by atoms with Gasteiger partial charge in [-0.3, -0.25) is 14.7 Å². The second kappa shape index (κ2) is 7.41. The molecule has 2 amide bonds. The minimum Gasteiger partial charge on any atom is -0.337 e. The van der Waals surface area contributed by atoms with Crippen LogP contribution in [0.4, 0.5) is 0 Å². The fourth-order valence-electron chi connectivity index (χ4n) is 4.48. The van der Waals surface area contributed by atoms with Gasteiger partial charge in [0.15, 0.2) is 5.69 Å². The van der Waals surface area contributed by atoms with Crippen molar-refractivity contribution in [3.63, 3.8) is 0 Å². The Bertz CT molecular complexity index is 899. The highest BCUT2D eigenvalue weighted by molar-refractivity contribution is 6.05. The van der Waals surface area contributed by atoms with Crippen molar-refractivity contribution in [2.24, 2.45) is 0 Å². The van der Waals surface area contributed by atoms with Gasteiger partial charge in [0.1, 0.15) is 11.5 Å². The number of piperidine rings is 1. The van der Waals surface area contributed by atoms with Crippen LogP contribution in [0.3, 0.4) is 0 Å². The van der Waals surface area contributed by atoms with E-state index in [0.717, 1.165) is 30.8 Å². The van der Waals surface area contributed by atoms with Crippen LogP contribution in [0.5, 0.6) is 0 Å². The number of carbonyl (C=O) groups is 2. The molecule has 0 aliphatic carbocycles. The maximum Gasteiger partial charge on any atom is 0.274 e. The molecular formula is C20H28N6O2. The highest BCUT2D eigenvalue weighted by Gasteiger charge is 2.35. The molecule has 4 heterocycles. The maximum atomic E-state index is 13.3. The van der Waals surface area contributed by atoms with E-state index in [-0.39, 0.29) is 17.7 Å². The molecule has 1 saturated heterocycles. The number of aromatic nitrogens is 4. The van der Waals surface area contributed by atoms with Crippen LogP contribution in [-0.4, -0.2) is 67.5 Å². The third-order valence-corrected chi connectivity index (χ3v) is 6.08. The molecule has 0 saturated carbocycles. The third-order valence-electron chi connectivity index (χ3n) is 6.08. The summed E-state index contributed by atoms with van der Waals surface area (Å²) in [6, 6.07) is 0. The molecule has 8 heteroatoms. The zero-order chi connectivity index (χ0) is 19.8. The van der Waals surface area contributed by atoms with Crippen LogP contribution in [0.25, 0.3) is 0 Å². The summed E-state index contributed by atoms with van der Waals surface area (Å²) < 4.78 is 1.90. The summed E-state index contributed by atoms with van der Waals surface area (Å²) >= 11 is 0. The number of rotatable bonds is 4. The van der Waals surface area contributed by atoms with Crippen LogP contribution in [0.1, 0.15) is 70.7 Å². The van der Waals surface area contributed by atoms with E-state index in [2.05, 4.69) is 22.1 Å². The van der Waals surface area contributed by atoms with Gasteiger partial charge in [-0.05, 0) is 38.7 Å². The van der Waals surface area contributed by atoms with E-state index < -0.39 is 0 Å². The number of aryl methyl sites for hydroxylation is 2. The van der Waals surface area contributed by atoms with Gasteiger partial charge in [-0.1, -0.05) is 6.92 Å². The lowest BCUT2D eigenvalue weighted by Gasteiger charge is -2.33. The van der Waals surface area contributed by atoms with Crippen LogP contribution in [0.2, 0.25) is 0 Å². The van der Waals surface area contributed by atoms with Crippen molar-refractivity contribution in [2.45, 2.75) is 52.5 Å². The first-order valence-electron chi connectivity index (χ1n) is 10.2. The predicted molar refractivity (Wildman–Crippen MR) is 104 cm³/mol. The number of fused-ring (bicyclic) bond motifs is 1. The van der Waals surface area contributed by atoms with Crippen LogP contribution in [-0.2, 0) is 13.0 Å². The molecule has 0 unspecified atom stereocenters. The summed E-state index contributed by atoms with van der Waals surface area (Å²) in [5.41, 5.74) is 3.11. The van der Waals surface area contributed by atoms with Crippen LogP contribution in [0.15, 0.2) is 6.20 Å². The monoisotopic (exact) mass is 384 g/mol. The molecule has 1 N–H and O–H groups in total. The molecule has 2 aromatic rings. The minimum absolute atomic E-state index is 0.0897. The zero-order valence-corrected chi connectivity index (χ0v) is 16.9. The van der Waals surface area contributed by atoms with Crippen LogP contribution >= 0.6 is 0 Å². The van der Waals surface area contributed by atoms with Gasteiger partial charge in [-0.15, -0.1) is 0 Å². The zero-order valence-electron chi connectivity index (χ0n) is 16.9. The Labute approximate surface area is 164 Å². The van der Waals surface area contributed by atoms with Gasteiger partial charge < -0.3 is 14.4 Å². The van der Waals surface area contributed by atoms with Gasteiger partial charge in [0.25, 0.3) is 11.8 Å². The summed E-state index contributed by atoms with van der Waals surface area (Å²) in [5, 5.41) is 7.32. The normalized spacial score (nSPS) is 19.8. The molecule has 2 aromatic heterocycles. The molecule has 0 radical (unpaired) electrons. The standard InChI is InChI=1S/C20H28N6O2/c1-4-14-11-21-23-16(14)15-7-6-8-25(12-15)19(27)17-18-20(28)24(5-2)9-10-26(18)13(3)22-17/h11,15H,4-10,12H2,1-3H3,(H,21,23)/t15-/m0/s1. The van der Waals surface area contributed by atoms with Crippen molar-refractivity contribution in [2.75, 3.05) is 26.2 Å². The fraction of sp³-hybridized carbons (Fsp3) is 0.600. The van der Waals surface area contributed by atoms with Gasteiger partial charge in [-0.2, -0.15) is 5.10 Å². The molecule has 0 aromatic carbocycles. The molecular weight excluding hydrogens is 356 g/mol. The summed E-state index contributed by atoms with van der Waals surface area (Å²) in [7, 11) is 0. The highest BCUT2D eigenvalue weighted by atomic mass is 16.2.